The number of ether oxygens (including phenoxy) is 2. The van der Waals surface area contributed by atoms with Crippen LogP contribution in [0.2, 0.25) is 0 Å². The van der Waals surface area contributed by atoms with Crippen molar-refractivity contribution in [2.45, 2.75) is 18.7 Å². The Morgan fingerprint density at radius 1 is 1.41 bits per heavy atom. The molecule has 1 saturated heterocycles. The molecule has 0 saturated carbocycles. The molecule has 1 aliphatic rings. The van der Waals surface area contributed by atoms with Crippen molar-refractivity contribution < 1.29 is 32.2 Å². The Morgan fingerprint density at radius 2 is 2.06 bits per heavy atom. The third kappa shape index (κ3) is 3.88. The van der Waals surface area contributed by atoms with Crippen molar-refractivity contribution in [3.63, 3.8) is 0 Å². The number of esters is 1. The van der Waals surface area contributed by atoms with Gasteiger partial charge in [0, 0.05) is 13.1 Å². The molecule has 0 aromatic heterocycles. The van der Waals surface area contributed by atoms with Gasteiger partial charge in [-0.05, 0) is 6.42 Å². The molecule has 1 fully saturated rings. The summed E-state index contributed by atoms with van der Waals surface area (Å²) in [6.45, 7) is -0.505. The van der Waals surface area contributed by atoms with Gasteiger partial charge >= 0.3 is 18.1 Å². The Bertz CT molecular complexity index is 305. The van der Waals surface area contributed by atoms with Crippen LogP contribution >= 0.6 is 0 Å². The number of methoxy groups -OCH3 is 1. The van der Waals surface area contributed by atoms with Gasteiger partial charge in [0.25, 0.3) is 0 Å². The summed E-state index contributed by atoms with van der Waals surface area (Å²) in [7, 11) is 1.18. The summed E-state index contributed by atoms with van der Waals surface area (Å²) in [5, 5.41) is 0. The highest BCUT2D eigenvalue weighted by Gasteiger charge is 2.44. The van der Waals surface area contributed by atoms with Gasteiger partial charge in [0.15, 0.2) is 0 Å². The maximum absolute atomic E-state index is 12.1. The molecular weight excluding hydrogens is 243 g/mol. The van der Waals surface area contributed by atoms with Crippen molar-refractivity contribution in [2.24, 2.45) is 0 Å². The van der Waals surface area contributed by atoms with E-state index in [9.17, 15) is 22.8 Å². The van der Waals surface area contributed by atoms with E-state index in [1.807, 2.05) is 0 Å². The average molecular weight is 255 g/mol. The van der Waals surface area contributed by atoms with Crippen LogP contribution in [0.15, 0.2) is 0 Å². The zero-order chi connectivity index (χ0) is 13.1. The highest BCUT2D eigenvalue weighted by molar-refractivity contribution is 5.82. The van der Waals surface area contributed by atoms with Crippen LogP contribution in [0, 0.1) is 0 Å². The molecule has 0 aromatic carbocycles. The summed E-state index contributed by atoms with van der Waals surface area (Å²) in [6, 6.07) is 0. The molecule has 98 valence electrons. The first-order chi connectivity index (χ1) is 7.84. The van der Waals surface area contributed by atoms with E-state index in [4.69, 9.17) is 4.74 Å². The number of alkyl halides is 3. The summed E-state index contributed by atoms with van der Waals surface area (Å²) < 4.78 is 45.6. The molecule has 0 aliphatic carbocycles. The molecule has 1 aliphatic heterocycles. The van der Waals surface area contributed by atoms with Gasteiger partial charge < -0.3 is 14.4 Å². The second-order valence-electron chi connectivity index (χ2n) is 3.55. The molecule has 1 atom stereocenters. The van der Waals surface area contributed by atoms with Crippen LogP contribution in [0.1, 0.15) is 6.42 Å². The average Bonchev–Trinajstić information content (AvgIpc) is 2.71. The van der Waals surface area contributed by atoms with E-state index in [1.165, 1.54) is 7.11 Å². The van der Waals surface area contributed by atoms with Crippen molar-refractivity contribution in [1.29, 1.82) is 0 Å². The highest BCUT2D eigenvalue weighted by Crippen LogP contribution is 2.22. The molecule has 0 bridgehead atoms. The van der Waals surface area contributed by atoms with Crippen LogP contribution in [0.4, 0.5) is 13.2 Å². The van der Waals surface area contributed by atoms with E-state index >= 15 is 0 Å². The maximum atomic E-state index is 12.1. The SMILES string of the molecule is COC(=O)COC1CCN(C(=O)C(F)(F)F)C1. The molecule has 1 heterocycles. The number of hydrogen-bond donors (Lipinski definition) is 0. The van der Waals surface area contributed by atoms with E-state index in [0.717, 1.165) is 0 Å². The predicted octanol–water partition coefficient (Wildman–Crippen LogP) is 0.339. The van der Waals surface area contributed by atoms with E-state index < -0.39 is 24.2 Å². The van der Waals surface area contributed by atoms with Crippen LogP contribution < -0.4 is 0 Å². The van der Waals surface area contributed by atoms with Crippen LogP contribution in [0.5, 0.6) is 0 Å². The van der Waals surface area contributed by atoms with Gasteiger partial charge in [-0.25, -0.2) is 4.79 Å². The fraction of sp³-hybridized carbons (Fsp3) is 0.778. The number of carbonyl (C=O) groups is 2. The Balaban J connectivity index is 2.37. The first kappa shape index (κ1) is 13.8. The van der Waals surface area contributed by atoms with Gasteiger partial charge in [0.2, 0.25) is 0 Å². The standard InChI is InChI=1S/C9H12F3NO4/c1-16-7(14)5-17-6-2-3-13(4-6)8(15)9(10,11)12/h6H,2-5H2,1H3. The fourth-order valence-corrected chi connectivity index (χ4v) is 1.47. The highest BCUT2D eigenvalue weighted by atomic mass is 19.4. The number of amides is 1. The first-order valence-electron chi connectivity index (χ1n) is 4.89. The lowest BCUT2D eigenvalue weighted by molar-refractivity contribution is -0.184. The maximum Gasteiger partial charge on any atom is 0.471 e. The van der Waals surface area contributed by atoms with Gasteiger partial charge in [-0.3, -0.25) is 4.79 Å². The predicted molar refractivity (Wildman–Crippen MR) is 49.0 cm³/mol. The zero-order valence-corrected chi connectivity index (χ0v) is 9.12. The smallest absolute Gasteiger partial charge is 0.467 e. The van der Waals surface area contributed by atoms with Crippen molar-refractivity contribution in [3.05, 3.63) is 0 Å². The van der Waals surface area contributed by atoms with E-state index in [1.54, 1.807) is 0 Å². The minimum Gasteiger partial charge on any atom is -0.467 e. The third-order valence-electron chi connectivity index (χ3n) is 2.34. The Labute approximate surface area is 95.5 Å². The van der Waals surface area contributed by atoms with Crippen LogP contribution in [0.3, 0.4) is 0 Å². The molecule has 8 heteroatoms. The third-order valence-corrected chi connectivity index (χ3v) is 2.34. The minimum absolute atomic E-state index is 0.0236. The fourth-order valence-electron chi connectivity index (χ4n) is 1.47. The van der Waals surface area contributed by atoms with Gasteiger partial charge in [-0.15, -0.1) is 0 Å². The topological polar surface area (TPSA) is 55.8 Å². The minimum atomic E-state index is -4.86. The van der Waals surface area contributed by atoms with Gasteiger partial charge in [-0.1, -0.05) is 0 Å². The van der Waals surface area contributed by atoms with E-state index in [0.29, 0.717) is 4.90 Å². The summed E-state index contributed by atoms with van der Waals surface area (Å²) in [6.07, 6.45) is -5.14. The molecule has 5 nitrogen and oxygen atoms in total. The van der Waals surface area contributed by atoms with Gasteiger partial charge in [-0.2, -0.15) is 13.2 Å². The number of likely N-dealkylation sites (tertiary alicyclic amines) is 1. The van der Waals surface area contributed by atoms with Crippen molar-refractivity contribution in [2.75, 3.05) is 26.8 Å². The van der Waals surface area contributed by atoms with Crippen LogP contribution in [0.25, 0.3) is 0 Å². The molecular formula is C9H12F3NO4. The molecule has 0 aromatic rings. The Kier molecular flexibility index (Phi) is 4.33. The van der Waals surface area contributed by atoms with Gasteiger partial charge in [0.1, 0.15) is 6.61 Å². The molecule has 1 amide bonds. The molecule has 0 radical (unpaired) electrons. The first-order valence-corrected chi connectivity index (χ1v) is 4.89. The molecule has 0 N–H and O–H groups in total. The number of carbonyl (C=O) groups excluding carboxylic acids is 2. The molecule has 0 spiro atoms. The normalized spacial score (nSPS) is 20.5. The Hall–Kier alpha value is -1.31. The van der Waals surface area contributed by atoms with Crippen molar-refractivity contribution in [1.82, 2.24) is 4.90 Å². The number of nitrogens with zero attached hydrogens (tertiary/aromatic N) is 1. The molecule has 1 unspecified atom stereocenters. The lowest BCUT2D eigenvalue weighted by atomic mass is 10.3. The summed E-state index contributed by atoms with van der Waals surface area (Å²) in [5.41, 5.74) is 0. The second kappa shape index (κ2) is 5.35. The van der Waals surface area contributed by atoms with Crippen molar-refractivity contribution >= 4 is 11.9 Å². The van der Waals surface area contributed by atoms with Gasteiger partial charge in [0.05, 0.1) is 13.2 Å². The number of rotatable bonds is 3. The summed E-state index contributed by atoms with van der Waals surface area (Å²) in [5.74, 6) is -2.48. The largest absolute Gasteiger partial charge is 0.471 e. The lowest BCUT2D eigenvalue weighted by Crippen LogP contribution is -2.40. The number of halogens is 3. The Morgan fingerprint density at radius 3 is 2.59 bits per heavy atom. The van der Waals surface area contributed by atoms with Crippen molar-refractivity contribution in [3.8, 4) is 0 Å². The monoisotopic (exact) mass is 255 g/mol. The lowest BCUT2D eigenvalue weighted by Gasteiger charge is -2.17. The van der Waals surface area contributed by atoms with E-state index in [-0.39, 0.29) is 26.1 Å². The molecule has 17 heavy (non-hydrogen) atoms. The summed E-state index contributed by atoms with van der Waals surface area (Å²) in [4.78, 5) is 22.3. The van der Waals surface area contributed by atoms with Crippen LogP contribution in [-0.2, 0) is 19.1 Å². The number of hydrogen-bond acceptors (Lipinski definition) is 4. The molecule has 1 rings (SSSR count). The zero-order valence-electron chi connectivity index (χ0n) is 9.12. The van der Waals surface area contributed by atoms with E-state index in [2.05, 4.69) is 4.74 Å². The second-order valence-corrected chi connectivity index (χ2v) is 3.55. The van der Waals surface area contributed by atoms with Crippen LogP contribution in [-0.4, -0.2) is 55.9 Å². The summed E-state index contributed by atoms with van der Waals surface area (Å²) >= 11 is 0. The quantitative estimate of drug-likeness (QED) is 0.682.